The third-order valence-corrected chi connectivity index (χ3v) is 8.61. The van der Waals surface area contributed by atoms with Crippen LogP contribution < -0.4 is 18.9 Å². The Balaban J connectivity index is 1.34. The Morgan fingerprint density at radius 2 is 1.73 bits per heavy atom. The van der Waals surface area contributed by atoms with E-state index in [1.807, 2.05) is 0 Å². The molecule has 0 fully saturated rings. The number of hydrogen-bond donors (Lipinski definition) is 2. The first-order valence-electron chi connectivity index (χ1n) is 11.7. The Bertz CT molecular complexity index is 1870. The number of methoxy groups -OCH3 is 2. The molecule has 3 aromatic heterocycles. The quantitative estimate of drug-likeness (QED) is 0.236. The van der Waals surface area contributed by atoms with Crippen molar-refractivity contribution in [3.8, 4) is 11.5 Å². The largest absolute Gasteiger partial charge is 0.496 e. The summed E-state index contributed by atoms with van der Waals surface area (Å²) in [5, 5.41) is 8.56. The van der Waals surface area contributed by atoms with E-state index in [1.165, 1.54) is 38.7 Å². The van der Waals surface area contributed by atoms with Gasteiger partial charge in [0.2, 0.25) is 10.0 Å². The van der Waals surface area contributed by atoms with Gasteiger partial charge in [0.15, 0.2) is 11.4 Å². The predicted octanol–water partition coefficient (Wildman–Crippen LogP) is 2.76. The number of sulfonamides is 2. The SMILES string of the molecule is COc1ccccc1S(=O)(=O)Nc1noc2cc(Cn3cc(CNS(=O)(=O)c4cccnc4)cn3)cc(OC)c12. The Morgan fingerprint density at radius 1 is 0.925 bits per heavy atom. The number of ether oxygens (including phenoxy) is 2. The van der Waals surface area contributed by atoms with Crippen LogP contribution >= 0.6 is 0 Å². The maximum Gasteiger partial charge on any atom is 0.266 e. The number of benzene rings is 2. The van der Waals surface area contributed by atoms with Gasteiger partial charge in [0.1, 0.15) is 26.7 Å². The first kappa shape index (κ1) is 27.1. The minimum absolute atomic E-state index is 0.0356. The van der Waals surface area contributed by atoms with Crippen molar-refractivity contribution >= 4 is 36.8 Å². The number of para-hydroxylation sites is 1. The molecule has 0 saturated carbocycles. The molecule has 40 heavy (non-hydrogen) atoms. The minimum atomic E-state index is -4.05. The Kier molecular flexibility index (Phi) is 7.42. The van der Waals surface area contributed by atoms with Crippen molar-refractivity contribution < 1.29 is 30.8 Å². The number of fused-ring (bicyclic) bond motifs is 1. The lowest BCUT2D eigenvalue weighted by Gasteiger charge is -2.11. The molecule has 0 unspecified atom stereocenters. The maximum atomic E-state index is 13.1. The summed E-state index contributed by atoms with van der Waals surface area (Å²) in [6.07, 6.45) is 6.03. The molecular weight excluding hydrogens is 560 g/mol. The molecule has 3 heterocycles. The molecular formula is C25H24N6O7S2. The topological polar surface area (TPSA) is 168 Å². The summed E-state index contributed by atoms with van der Waals surface area (Å²) in [5.74, 6) is 0.482. The smallest absolute Gasteiger partial charge is 0.266 e. The van der Waals surface area contributed by atoms with E-state index in [9.17, 15) is 16.8 Å². The van der Waals surface area contributed by atoms with Gasteiger partial charge in [0.25, 0.3) is 10.0 Å². The van der Waals surface area contributed by atoms with Crippen LogP contribution in [0.2, 0.25) is 0 Å². The molecule has 2 N–H and O–H groups in total. The highest BCUT2D eigenvalue weighted by Crippen LogP contribution is 2.35. The average Bonchev–Trinajstić information content (AvgIpc) is 3.58. The second kappa shape index (κ2) is 11.0. The lowest BCUT2D eigenvalue weighted by molar-refractivity contribution is 0.403. The van der Waals surface area contributed by atoms with Crippen LogP contribution in [-0.4, -0.2) is 51.0 Å². The lowest BCUT2D eigenvalue weighted by atomic mass is 10.1. The number of pyridine rings is 1. The molecule has 5 rings (SSSR count). The van der Waals surface area contributed by atoms with Crippen molar-refractivity contribution in [2.24, 2.45) is 0 Å². The number of aromatic nitrogens is 4. The summed E-state index contributed by atoms with van der Waals surface area (Å²) in [4.78, 5) is 3.85. The van der Waals surface area contributed by atoms with E-state index in [0.29, 0.717) is 28.8 Å². The Hall–Kier alpha value is -4.47. The first-order valence-corrected chi connectivity index (χ1v) is 14.7. The number of rotatable bonds is 11. The van der Waals surface area contributed by atoms with Crippen LogP contribution in [0.1, 0.15) is 11.1 Å². The van der Waals surface area contributed by atoms with Gasteiger partial charge in [0, 0.05) is 30.7 Å². The molecule has 5 aromatic rings. The molecule has 0 aliphatic rings. The molecule has 0 atom stereocenters. The zero-order valence-electron chi connectivity index (χ0n) is 21.3. The van der Waals surface area contributed by atoms with E-state index in [2.05, 4.69) is 24.7 Å². The summed E-state index contributed by atoms with van der Waals surface area (Å²) >= 11 is 0. The standard InChI is InChI=1S/C25H24N6O7S2/c1-36-20-7-3-4-8-23(20)40(34,35)30-25-24-21(37-2)10-17(11-22(24)38-29-25)15-31-16-18(12-27-31)13-28-39(32,33)19-6-5-9-26-14-19/h3-12,14,16,28H,13,15H2,1-2H3,(H,29,30). The van der Waals surface area contributed by atoms with Gasteiger partial charge in [-0.3, -0.25) is 14.4 Å². The van der Waals surface area contributed by atoms with Crippen molar-refractivity contribution in [3.63, 3.8) is 0 Å². The van der Waals surface area contributed by atoms with Gasteiger partial charge < -0.3 is 14.0 Å². The zero-order valence-corrected chi connectivity index (χ0v) is 22.9. The predicted molar refractivity (Wildman–Crippen MR) is 144 cm³/mol. The molecule has 2 aromatic carbocycles. The van der Waals surface area contributed by atoms with Gasteiger partial charge in [-0.2, -0.15) is 5.10 Å². The fourth-order valence-electron chi connectivity index (χ4n) is 3.97. The number of anilines is 1. The van der Waals surface area contributed by atoms with Crippen LogP contribution in [0.25, 0.3) is 11.0 Å². The van der Waals surface area contributed by atoms with Gasteiger partial charge in [-0.25, -0.2) is 21.6 Å². The van der Waals surface area contributed by atoms with Crippen molar-refractivity contribution in [2.75, 3.05) is 18.9 Å². The maximum absolute atomic E-state index is 13.1. The van der Waals surface area contributed by atoms with Crippen LogP contribution in [-0.2, 0) is 33.1 Å². The number of nitrogens with zero attached hydrogens (tertiary/aromatic N) is 4. The summed E-state index contributed by atoms with van der Waals surface area (Å²) in [5.41, 5.74) is 1.67. The van der Waals surface area contributed by atoms with E-state index in [1.54, 1.807) is 53.5 Å². The monoisotopic (exact) mass is 584 g/mol. The van der Waals surface area contributed by atoms with Crippen molar-refractivity contribution in [1.29, 1.82) is 0 Å². The van der Waals surface area contributed by atoms with Crippen LogP contribution in [0.4, 0.5) is 5.82 Å². The van der Waals surface area contributed by atoms with Crippen LogP contribution in [0, 0.1) is 0 Å². The van der Waals surface area contributed by atoms with E-state index in [-0.39, 0.29) is 27.9 Å². The fourth-order valence-corrected chi connectivity index (χ4v) is 6.13. The minimum Gasteiger partial charge on any atom is -0.496 e. The summed E-state index contributed by atoms with van der Waals surface area (Å²) in [6, 6.07) is 12.6. The molecule has 0 bridgehead atoms. The van der Waals surface area contributed by atoms with Crippen molar-refractivity contribution in [2.45, 2.75) is 22.9 Å². The molecule has 0 radical (unpaired) electrons. The summed E-state index contributed by atoms with van der Waals surface area (Å²) < 4.78 is 73.7. The summed E-state index contributed by atoms with van der Waals surface area (Å²) in [6.45, 7) is 0.335. The fraction of sp³-hybridized carbons (Fsp3) is 0.160. The highest BCUT2D eigenvalue weighted by Gasteiger charge is 2.24. The average molecular weight is 585 g/mol. The molecule has 0 aliphatic carbocycles. The van der Waals surface area contributed by atoms with Gasteiger partial charge >= 0.3 is 0 Å². The lowest BCUT2D eigenvalue weighted by Crippen LogP contribution is -2.23. The Labute approximate surface area is 229 Å². The van der Waals surface area contributed by atoms with E-state index in [4.69, 9.17) is 14.0 Å². The molecule has 15 heteroatoms. The molecule has 13 nitrogen and oxygen atoms in total. The second-order valence-corrected chi connectivity index (χ2v) is 11.9. The third kappa shape index (κ3) is 5.61. The first-order chi connectivity index (χ1) is 19.2. The number of nitrogens with one attached hydrogen (secondary N) is 2. The third-order valence-electron chi connectivity index (χ3n) is 5.85. The Morgan fingerprint density at radius 3 is 2.48 bits per heavy atom. The molecule has 0 amide bonds. The number of hydrogen-bond acceptors (Lipinski definition) is 10. The second-order valence-electron chi connectivity index (χ2n) is 8.52. The molecule has 208 valence electrons. The van der Waals surface area contributed by atoms with E-state index in [0.717, 1.165) is 5.56 Å². The zero-order chi connectivity index (χ0) is 28.3. The van der Waals surface area contributed by atoms with E-state index >= 15 is 0 Å². The van der Waals surface area contributed by atoms with Crippen molar-refractivity contribution in [3.05, 3.63) is 84.4 Å². The molecule has 0 spiro atoms. The van der Waals surface area contributed by atoms with Crippen LogP contribution in [0.15, 0.2) is 87.6 Å². The van der Waals surface area contributed by atoms with Gasteiger partial charge in [-0.15, -0.1) is 0 Å². The van der Waals surface area contributed by atoms with Crippen LogP contribution in [0.3, 0.4) is 0 Å². The highest BCUT2D eigenvalue weighted by atomic mass is 32.2. The normalized spacial score (nSPS) is 11.9. The van der Waals surface area contributed by atoms with Gasteiger partial charge in [-0.05, 0) is 42.0 Å². The van der Waals surface area contributed by atoms with Crippen molar-refractivity contribution in [1.82, 2.24) is 24.6 Å². The molecule has 0 aliphatic heterocycles. The van der Waals surface area contributed by atoms with E-state index < -0.39 is 20.0 Å². The van der Waals surface area contributed by atoms with Crippen LogP contribution in [0.5, 0.6) is 11.5 Å². The highest BCUT2D eigenvalue weighted by molar-refractivity contribution is 7.92. The van der Waals surface area contributed by atoms with Gasteiger partial charge in [-0.1, -0.05) is 17.3 Å². The van der Waals surface area contributed by atoms with Gasteiger partial charge in [0.05, 0.1) is 27.0 Å². The molecule has 0 saturated heterocycles. The summed E-state index contributed by atoms with van der Waals surface area (Å²) in [7, 11) is -4.94.